The standard InChI is InChI=1S/C21H25ClN2O4/c1-3-11-27-18-10-9-15(13-19(18)28-12-4-2)24-20(25)14-23-21(26)16-7-5-6-8-17(16)22/h5-10,13H,3-4,11-12,14H2,1-2H3,(H,23,26)(H,24,25). The van der Waals surface area contributed by atoms with Gasteiger partial charge < -0.3 is 20.1 Å². The van der Waals surface area contributed by atoms with Crippen molar-refractivity contribution in [2.75, 3.05) is 25.1 Å². The lowest BCUT2D eigenvalue weighted by Gasteiger charge is -2.14. The number of halogens is 1. The summed E-state index contributed by atoms with van der Waals surface area (Å²) in [6.07, 6.45) is 1.74. The number of nitrogens with one attached hydrogen (secondary N) is 2. The fraction of sp³-hybridized carbons (Fsp3) is 0.333. The zero-order chi connectivity index (χ0) is 20.4. The molecule has 0 saturated carbocycles. The molecule has 0 spiro atoms. The molecule has 0 saturated heterocycles. The van der Waals surface area contributed by atoms with Gasteiger partial charge in [0, 0.05) is 11.8 Å². The maximum atomic E-state index is 12.2. The number of anilines is 1. The third kappa shape index (κ3) is 6.46. The van der Waals surface area contributed by atoms with Crippen LogP contribution in [-0.4, -0.2) is 31.6 Å². The van der Waals surface area contributed by atoms with Crippen LogP contribution in [0.5, 0.6) is 11.5 Å². The lowest BCUT2D eigenvalue weighted by Crippen LogP contribution is -2.33. The number of hydrogen-bond acceptors (Lipinski definition) is 4. The predicted octanol–water partition coefficient (Wildman–Crippen LogP) is 4.29. The number of rotatable bonds is 10. The summed E-state index contributed by atoms with van der Waals surface area (Å²) in [5, 5.41) is 5.63. The van der Waals surface area contributed by atoms with E-state index in [1.54, 1.807) is 42.5 Å². The summed E-state index contributed by atoms with van der Waals surface area (Å²) in [6.45, 7) is 5.00. The molecule has 0 radical (unpaired) electrons. The summed E-state index contributed by atoms with van der Waals surface area (Å²) >= 11 is 5.99. The average molecular weight is 405 g/mol. The van der Waals surface area contributed by atoms with Gasteiger partial charge in [0.05, 0.1) is 30.3 Å². The molecule has 2 rings (SSSR count). The van der Waals surface area contributed by atoms with E-state index in [2.05, 4.69) is 10.6 Å². The molecule has 0 atom stereocenters. The summed E-state index contributed by atoms with van der Waals surface area (Å²) in [5.74, 6) is 0.452. The highest BCUT2D eigenvalue weighted by Gasteiger charge is 2.12. The smallest absolute Gasteiger partial charge is 0.253 e. The van der Waals surface area contributed by atoms with E-state index in [1.165, 1.54) is 0 Å². The van der Waals surface area contributed by atoms with Crippen molar-refractivity contribution in [3.63, 3.8) is 0 Å². The van der Waals surface area contributed by atoms with Gasteiger partial charge in [0.2, 0.25) is 5.91 Å². The van der Waals surface area contributed by atoms with Crippen molar-refractivity contribution < 1.29 is 19.1 Å². The van der Waals surface area contributed by atoms with E-state index >= 15 is 0 Å². The molecule has 0 bridgehead atoms. The van der Waals surface area contributed by atoms with Crippen molar-refractivity contribution >= 4 is 29.1 Å². The summed E-state index contributed by atoms with van der Waals surface area (Å²) in [5.41, 5.74) is 0.886. The Morgan fingerprint density at radius 2 is 1.64 bits per heavy atom. The molecule has 2 aromatic rings. The monoisotopic (exact) mass is 404 g/mol. The lowest BCUT2D eigenvalue weighted by atomic mass is 10.2. The number of benzene rings is 2. The Labute approximate surface area is 170 Å². The molecule has 0 aliphatic rings. The third-order valence-electron chi connectivity index (χ3n) is 3.68. The number of amides is 2. The number of ether oxygens (including phenoxy) is 2. The highest BCUT2D eigenvalue weighted by molar-refractivity contribution is 6.33. The summed E-state index contributed by atoms with van der Waals surface area (Å²) in [4.78, 5) is 24.3. The van der Waals surface area contributed by atoms with Gasteiger partial charge in [-0.1, -0.05) is 37.6 Å². The molecule has 6 nitrogen and oxygen atoms in total. The molecule has 0 aromatic heterocycles. The maximum absolute atomic E-state index is 12.2. The Morgan fingerprint density at radius 3 is 2.32 bits per heavy atom. The number of carbonyl (C=O) groups excluding carboxylic acids is 2. The predicted molar refractivity (Wildman–Crippen MR) is 110 cm³/mol. The first-order valence-corrected chi connectivity index (χ1v) is 9.65. The van der Waals surface area contributed by atoms with Gasteiger partial charge in [-0.05, 0) is 37.1 Å². The van der Waals surface area contributed by atoms with Crippen LogP contribution in [0.4, 0.5) is 5.69 Å². The normalized spacial score (nSPS) is 10.2. The Balaban J connectivity index is 1.96. The maximum Gasteiger partial charge on any atom is 0.253 e. The van der Waals surface area contributed by atoms with Crippen LogP contribution in [0.1, 0.15) is 37.0 Å². The molecule has 0 fully saturated rings. The van der Waals surface area contributed by atoms with E-state index in [-0.39, 0.29) is 12.5 Å². The van der Waals surface area contributed by atoms with Crippen molar-refractivity contribution in [2.45, 2.75) is 26.7 Å². The second-order valence-electron chi connectivity index (χ2n) is 6.07. The van der Waals surface area contributed by atoms with Crippen LogP contribution in [0.2, 0.25) is 5.02 Å². The van der Waals surface area contributed by atoms with Gasteiger partial charge in [0.15, 0.2) is 11.5 Å². The molecule has 0 unspecified atom stereocenters. The van der Waals surface area contributed by atoms with Crippen molar-refractivity contribution in [2.24, 2.45) is 0 Å². The molecular weight excluding hydrogens is 380 g/mol. The summed E-state index contributed by atoms with van der Waals surface area (Å²) < 4.78 is 11.4. The highest BCUT2D eigenvalue weighted by atomic mass is 35.5. The first kappa shape index (κ1) is 21.6. The quantitative estimate of drug-likeness (QED) is 0.619. The van der Waals surface area contributed by atoms with Crippen molar-refractivity contribution in [3.8, 4) is 11.5 Å². The van der Waals surface area contributed by atoms with Crippen LogP contribution in [0.3, 0.4) is 0 Å². The van der Waals surface area contributed by atoms with Crippen LogP contribution in [-0.2, 0) is 4.79 Å². The van der Waals surface area contributed by atoms with Crippen molar-refractivity contribution in [3.05, 3.63) is 53.1 Å². The minimum absolute atomic E-state index is 0.177. The van der Waals surface area contributed by atoms with Gasteiger partial charge in [-0.2, -0.15) is 0 Å². The molecule has 150 valence electrons. The van der Waals surface area contributed by atoms with E-state index in [0.717, 1.165) is 12.8 Å². The Kier molecular flexibility index (Phi) is 8.62. The second kappa shape index (κ2) is 11.2. The van der Waals surface area contributed by atoms with Crippen LogP contribution in [0.25, 0.3) is 0 Å². The SMILES string of the molecule is CCCOc1ccc(NC(=O)CNC(=O)c2ccccc2Cl)cc1OCCC. The van der Waals surface area contributed by atoms with E-state index in [0.29, 0.717) is 41.0 Å². The molecule has 2 amide bonds. The zero-order valence-electron chi connectivity index (χ0n) is 16.1. The van der Waals surface area contributed by atoms with Gasteiger partial charge in [0.1, 0.15) is 0 Å². The van der Waals surface area contributed by atoms with Gasteiger partial charge in [-0.15, -0.1) is 0 Å². The largest absolute Gasteiger partial charge is 0.490 e. The molecule has 2 aromatic carbocycles. The fourth-order valence-corrected chi connectivity index (χ4v) is 2.57. The average Bonchev–Trinajstić information content (AvgIpc) is 2.70. The van der Waals surface area contributed by atoms with Crippen LogP contribution >= 0.6 is 11.6 Å². The van der Waals surface area contributed by atoms with E-state index in [1.807, 2.05) is 13.8 Å². The van der Waals surface area contributed by atoms with E-state index < -0.39 is 5.91 Å². The van der Waals surface area contributed by atoms with Gasteiger partial charge >= 0.3 is 0 Å². The molecule has 0 aliphatic carbocycles. The lowest BCUT2D eigenvalue weighted by molar-refractivity contribution is -0.115. The first-order chi connectivity index (χ1) is 13.5. The first-order valence-electron chi connectivity index (χ1n) is 9.27. The fourth-order valence-electron chi connectivity index (χ4n) is 2.35. The molecule has 2 N–H and O–H groups in total. The molecule has 0 heterocycles. The van der Waals surface area contributed by atoms with E-state index in [4.69, 9.17) is 21.1 Å². The molecular formula is C21H25ClN2O4. The molecule has 0 aliphatic heterocycles. The summed E-state index contributed by atoms with van der Waals surface area (Å²) in [7, 11) is 0. The van der Waals surface area contributed by atoms with Crippen molar-refractivity contribution in [1.29, 1.82) is 0 Å². The topological polar surface area (TPSA) is 76.7 Å². The highest BCUT2D eigenvalue weighted by Crippen LogP contribution is 2.31. The van der Waals surface area contributed by atoms with E-state index in [9.17, 15) is 9.59 Å². The Morgan fingerprint density at radius 1 is 0.964 bits per heavy atom. The van der Waals surface area contributed by atoms with Crippen LogP contribution < -0.4 is 20.1 Å². The second-order valence-corrected chi connectivity index (χ2v) is 6.48. The van der Waals surface area contributed by atoms with Crippen molar-refractivity contribution in [1.82, 2.24) is 5.32 Å². The van der Waals surface area contributed by atoms with Gasteiger partial charge in [-0.25, -0.2) is 0 Å². The van der Waals surface area contributed by atoms with Crippen LogP contribution in [0, 0.1) is 0 Å². The van der Waals surface area contributed by atoms with Gasteiger partial charge in [-0.3, -0.25) is 9.59 Å². The number of hydrogen-bond donors (Lipinski definition) is 2. The van der Waals surface area contributed by atoms with Gasteiger partial charge in [0.25, 0.3) is 5.91 Å². The molecule has 28 heavy (non-hydrogen) atoms. The summed E-state index contributed by atoms with van der Waals surface area (Å²) in [6, 6.07) is 11.9. The van der Waals surface area contributed by atoms with Crippen LogP contribution in [0.15, 0.2) is 42.5 Å². The zero-order valence-corrected chi connectivity index (χ0v) is 16.8. The minimum Gasteiger partial charge on any atom is -0.490 e. The molecule has 7 heteroatoms. The Hall–Kier alpha value is -2.73. The Bertz CT molecular complexity index is 811. The minimum atomic E-state index is -0.406. The number of carbonyl (C=O) groups is 2. The third-order valence-corrected chi connectivity index (χ3v) is 4.01.